The summed E-state index contributed by atoms with van der Waals surface area (Å²) >= 11 is 0. The second-order valence-electron chi connectivity index (χ2n) is 16.7. The van der Waals surface area contributed by atoms with Crippen molar-refractivity contribution in [2.75, 3.05) is 9.80 Å². The van der Waals surface area contributed by atoms with Crippen molar-refractivity contribution in [2.45, 2.75) is 5.41 Å². The molecule has 3 nitrogen and oxygen atoms in total. The maximum atomic E-state index is 10.1. The van der Waals surface area contributed by atoms with Crippen LogP contribution in [0.4, 0.5) is 34.1 Å². The second-order valence-corrected chi connectivity index (χ2v) is 16.7. The second kappa shape index (κ2) is 15.3. The predicted molar refractivity (Wildman–Crippen MR) is 275 cm³/mol. The van der Waals surface area contributed by atoms with E-state index < -0.39 is 35.6 Å². The standard InChI is InChI=1S/C63H42N2O/c1-4-21-47(22-5-1)64(48-23-6-2-7-24-48)51-34-37-59-56(41-51)57-42-52(65(49-25-8-3-9-26-49)50-33-31-43-17-10-11-19-45(43)39-50)35-38-60(57)63(59,58-29-16-20-44-18-12-13-27-53(44)58)46-32-36-55-54-28-14-15-30-61(54)66-62(55)40-46/h1-42H/i12D,13D,16D,18D,20D,27D,29D. The third-order valence-corrected chi connectivity index (χ3v) is 13.2. The summed E-state index contributed by atoms with van der Waals surface area (Å²) in [6.07, 6.45) is 0. The van der Waals surface area contributed by atoms with E-state index in [4.69, 9.17) is 7.16 Å². The van der Waals surface area contributed by atoms with Crippen LogP contribution in [0.1, 0.15) is 31.8 Å². The monoisotopic (exact) mass is 849 g/mol. The Hall–Kier alpha value is -8.66. The molecule has 1 unspecified atom stereocenters. The van der Waals surface area contributed by atoms with E-state index >= 15 is 0 Å². The first-order valence-electron chi connectivity index (χ1n) is 25.6. The predicted octanol–water partition coefficient (Wildman–Crippen LogP) is 17.2. The molecule has 0 bridgehead atoms. The highest BCUT2D eigenvalue weighted by Crippen LogP contribution is 2.60. The van der Waals surface area contributed by atoms with E-state index in [1.807, 2.05) is 109 Å². The van der Waals surface area contributed by atoms with Gasteiger partial charge in [0.25, 0.3) is 0 Å². The average molecular weight is 850 g/mol. The van der Waals surface area contributed by atoms with Gasteiger partial charge in [0.2, 0.25) is 0 Å². The summed E-state index contributed by atoms with van der Waals surface area (Å²) in [5.41, 5.74) is 9.18. The lowest BCUT2D eigenvalue weighted by Gasteiger charge is -2.35. The first-order valence-corrected chi connectivity index (χ1v) is 22.1. The minimum Gasteiger partial charge on any atom is -0.456 e. The molecule has 0 radical (unpaired) electrons. The fourth-order valence-corrected chi connectivity index (χ4v) is 10.3. The number of nitrogens with zero attached hydrogens (tertiary/aromatic N) is 2. The van der Waals surface area contributed by atoms with Crippen LogP contribution in [-0.4, -0.2) is 0 Å². The number of anilines is 6. The van der Waals surface area contributed by atoms with Gasteiger partial charge < -0.3 is 14.2 Å². The Morgan fingerprint density at radius 1 is 0.333 bits per heavy atom. The molecule has 310 valence electrons. The van der Waals surface area contributed by atoms with E-state index in [-0.39, 0.29) is 28.4 Å². The zero-order valence-corrected chi connectivity index (χ0v) is 35.5. The van der Waals surface area contributed by atoms with E-state index in [2.05, 4.69) is 113 Å². The zero-order chi connectivity index (χ0) is 49.7. The van der Waals surface area contributed by atoms with E-state index in [0.29, 0.717) is 16.7 Å². The molecule has 1 aromatic heterocycles. The first kappa shape index (κ1) is 31.2. The van der Waals surface area contributed by atoms with E-state index in [9.17, 15) is 6.85 Å². The fourth-order valence-electron chi connectivity index (χ4n) is 10.3. The summed E-state index contributed by atoms with van der Waals surface area (Å²) in [6, 6.07) is 68.8. The molecule has 3 heteroatoms. The van der Waals surface area contributed by atoms with Crippen molar-refractivity contribution in [3.05, 3.63) is 277 Å². The number of benzene rings is 11. The molecule has 0 N–H and O–H groups in total. The quantitative estimate of drug-likeness (QED) is 0.152. The number of rotatable bonds is 8. The van der Waals surface area contributed by atoms with Crippen molar-refractivity contribution >= 4 is 77.6 Å². The molecule has 1 aliphatic carbocycles. The van der Waals surface area contributed by atoms with Gasteiger partial charge in [-0.05, 0) is 140 Å². The lowest BCUT2D eigenvalue weighted by molar-refractivity contribution is 0.666. The van der Waals surface area contributed by atoms with Gasteiger partial charge in [-0.15, -0.1) is 0 Å². The topological polar surface area (TPSA) is 19.6 Å². The highest BCUT2D eigenvalue weighted by molar-refractivity contribution is 6.06. The van der Waals surface area contributed by atoms with Crippen molar-refractivity contribution in [1.29, 1.82) is 0 Å². The Balaban J connectivity index is 1.19. The van der Waals surface area contributed by atoms with Gasteiger partial charge in [0, 0.05) is 44.9 Å². The van der Waals surface area contributed by atoms with Gasteiger partial charge in [-0.1, -0.05) is 170 Å². The highest BCUT2D eigenvalue weighted by Gasteiger charge is 2.48. The molecule has 0 amide bonds. The summed E-state index contributed by atoms with van der Waals surface area (Å²) in [6.45, 7) is 0. The van der Waals surface area contributed by atoms with Gasteiger partial charge in [0.1, 0.15) is 11.2 Å². The molecule has 0 saturated carbocycles. The summed E-state index contributed by atoms with van der Waals surface area (Å²) in [5.74, 6) is 0. The summed E-state index contributed by atoms with van der Waals surface area (Å²) in [7, 11) is 0. The Morgan fingerprint density at radius 3 is 1.55 bits per heavy atom. The maximum absolute atomic E-state index is 10.1. The van der Waals surface area contributed by atoms with Crippen LogP contribution in [0.2, 0.25) is 0 Å². The molecular formula is C63H42N2O. The SMILES string of the molecule is [2H]c1c([2H])c([2H])c2c(C3(c4ccc5c(c4)oc4ccccc45)c4ccc(N(c5ccccc5)c5ccccc5)cc4-c4cc(N(c5ccccc5)c5ccc6ccccc6c5)ccc43)c([2H])c([2H])c([2H])c2c1[2H]. The molecule has 1 atom stereocenters. The molecule has 0 spiro atoms. The zero-order valence-electron chi connectivity index (χ0n) is 42.5. The third-order valence-electron chi connectivity index (χ3n) is 13.2. The highest BCUT2D eigenvalue weighted by atomic mass is 16.3. The Morgan fingerprint density at radius 2 is 0.864 bits per heavy atom. The van der Waals surface area contributed by atoms with Crippen LogP contribution in [0.3, 0.4) is 0 Å². The smallest absolute Gasteiger partial charge is 0.135 e. The van der Waals surface area contributed by atoms with Crippen LogP contribution in [0.15, 0.2) is 259 Å². The van der Waals surface area contributed by atoms with E-state index in [0.717, 1.165) is 77.9 Å². The molecule has 0 saturated heterocycles. The number of para-hydroxylation sites is 4. The van der Waals surface area contributed by atoms with Gasteiger partial charge in [-0.3, -0.25) is 0 Å². The maximum Gasteiger partial charge on any atom is 0.135 e. The van der Waals surface area contributed by atoms with Crippen LogP contribution in [0.25, 0.3) is 54.6 Å². The van der Waals surface area contributed by atoms with Crippen molar-refractivity contribution in [3.63, 3.8) is 0 Å². The minimum atomic E-state index is -1.52. The van der Waals surface area contributed by atoms with Crippen molar-refractivity contribution in [3.8, 4) is 11.1 Å². The van der Waals surface area contributed by atoms with Crippen molar-refractivity contribution < 1.29 is 14.0 Å². The van der Waals surface area contributed by atoms with E-state index in [1.165, 1.54) is 0 Å². The Bertz CT molecular complexity index is 4150. The number of hydrogen-bond donors (Lipinski definition) is 0. The third kappa shape index (κ3) is 5.91. The number of furan rings is 1. The fraction of sp³-hybridized carbons (Fsp3) is 0.0159. The molecule has 12 aromatic rings. The normalized spacial score (nSPS) is 15.6. The molecule has 11 aromatic carbocycles. The molecule has 13 rings (SSSR count). The largest absolute Gasteiger partial charge is 0.456 e. The van der Waals surface area contributed by atoms with Crippen LogP contribution in [-0.2, 0) is 5.41 Å². The Kier molecular flexibility index (Phi) is 7.22. The molecule has 0 aliphatic heterocycles. The van der Waals surface area contributed by atoms with Crippen molar-refractivity contribution in [1.82, 2.24) is 0 Å². The number of fused-ring (bicyclic) bond motifs is 8. The molecule has 1 heterocycles. The van der Waals surface area contributed by atoms with Crippen LogP contribution < -0.4 is 9.80 Å². The van der Waals surface area contributed by atoms with Crippen LogP contribution in [0.5, 0.6) is 0 Å². The summed E-state index contributed by atoms with van der Waals surface area (Å²) in [4.78, 5) is 4.43. The summed E-state index contributed by atoms with van der Waals surface area (Å²) in [5, 5.41) is 3.93. The lowest BCUT2D eigenvalue weighted by Crippen LogP contribution is -2.29. The van der Waals surface area contributed by atoms with Crippen molar-refractivity contribution in [2.24, 2.45) is 0 Å². The number of hydrogen-bond acceptors (Lipinski definition) is 3. The average Bonchev–Trinajstić information content (AvgIpc) is 3.95. The van der Waals surface area contributed by atoms with Crippen LogP contribution in [0, 0.1) is 0 Å². The lowest BCUT2D eigenvalue weighted by atomic mass is 9.66. The van der Waals surface area contributed by atoms with Gasteiger partial charge in [-0.2, -0.15) is 0 Å². The van der Waals surface area contributed by atoms with E-state index in [1.54, 1.807) is 0 Å². The first-order chi connectivity index (χ1) is 35.6. The summed E-state index contributed by atoms with van der Waals surface area (Å²) < 4.78 is 72.4. The Labute approximate surface area is 393 Å². The van der Waals surface area contributed by atoms with Gasteiger partial charge >= 0.3 is 0 Å². The van der Waals surface area contributed by atoms with Gasteiger partial charge in [0.05, 0.1) is 15.0 Å². The molecule has 66 heavy (non-hydrogen) atoms. The minimum absolute atomic E-state index is 0.0194. The van der Waals surface area contributed by atoms with Crippen LogP contribution >= 0.6 is 0 Å². The molecule has 0 fully saturated rings. The van der Waals surface area contributed by atoms with Gasteiger partial charge in [-0.25, -0.2) is 0 Å². The molecule has 1 aliphatic rings. The molecular weight excluding hydrogens is 801 g/mol. The van der Waals surface area contributed by atoms with Gasteiger partial charge in [0.15, 0.2) is 0 Å².